The van der Waals surface area contributed by atoms with Gasteiger partial charge in [0.25, 0.3) is 6.43 Å². The molecule has 1 aliphatic rings. The number of rotatable bonds is 5. The van der Waals surface area contributed by atoms with E-state index in [0.29, 0.717) is 23.2 Å². The van der Waals surface area contributed by atoms with Gasteiger partial charge in [0.1, 0.15) is 17.5 Å². The van der Waals surface area contributed by atoms with Crippen molar-refractivity contribution in [3.63, 3.8) is 0 Å². The van der Waals surface area contributed by atoms with Crippen LogP contribution in [0.2, 0.25) is 0 Å². The third-order valence-electron chi connectivity index (χ3n) is 5.60. The highest BCUT2D eigenvalue weighted by atomic mass is 19.3. The van der Waals surface area contributed by atoms with Gasteiger partial charge >= 0.3 is 0 Å². The summed E-state index contributed by atoms with van der Waals surface area (Å²) in [4.78, 5) is 13.6. The smallest absolute Gasteiger partial charge is 0.266 e. The molecule has 1 fully saturated rings. The molecule has 0 saturated carbocycles. The third-order valence-corrected chi connectivity index (χ3v) is 5.60. The Bertz CT molecular complexity index is 1060. The molecule has 1 aromatic carbocycles. The molecule has 0 atom stereocenters. The first-order valence-corrected chi connectivity index (χ1v) is 10.1. The van der Waals surface area contributed by atoms with Crippen molar-refractivity contribution in [2.45, 2.75) is 45.6 Å². The number of hydrogen-bond acceptors (Lipinski definition) is 5. The van der Waals surface area contributed by atoms with Crippen LogP contribution >= 0.6 is 0 Å². The molecule has 2 aromatic heterocycles. The summed E-state index contributed by atoms with van der Waals surface area (Å²) in [7, 11) is 0. The van der Waals surface area contributed by atoms with E-state index in [1.807, 2.05) is 6.92 Å². The normalized spacial score (nSPS) is 15.1. The zero-order valence-electron chi connectivity index (χ0n) is 17.0. The molecule has 0 unspecified atom stereocenters. The van der Waals surface area contributed by atoms with Crippen molar-refractivity contribution in [3.05, 3.63) is 58.3 Å². The lowest BCUT2D eigenvalue weighted by Gasteiger charge is -2.24. The number of aromatic nitrogens is 3. The van der Waals surface area contributed by atoms with E-state index in [0.717, 1.165) is 43.1 Å². The molecule has 2 N–H and O–H groups in total. The maximum Gasteiger partial charge on any atom is 0.266 e. The second kappa shape index (κ2) is 8.55. The summed E-state index contributed by atoms with van der Waals surface area (Å²) in [5, 5.41) is 7.24. The summed E-state index contributed by atoms with van der Waals surface area (Å²) in [6.45, 7) is 5.73. The van der Waals surface area contributed by atoms with E-state index in [4.69, 9.17) is 4.98 Å². The molecule has 0 spiro atoms. The van der Waals surface area contributed by atoms with Gasteiger partial charge in [-0.15, -0.1) is 0 Å². The minimum absolute atomic E-state index is 0.0362. The molecule has 4 rings (SSSR count). The average Bonchev–Trinajstić information content (AvgIpc) is 2.72. The highest BCUT2D eigenvalue weighted by Crippen LogP contribution is 2.31. The molecule has 8 heteroatoms. The molecule has 3 aromatic rings. The zero-order valence-corrected chi connectivity index (χ0v) is 17.0. The highest BCUT2D eigenvalue weighted by Gasteiger charge is 2.20. The monoisotopic (exact) mass is 415 g/mol. The van der Waals surface area contributed by atoms with Gasteiger partial charge in [0.15, 0.2) is 5.65 Å². The second-order valence-corrected chi connectivity index (χ2v) is 7.65. The molecule has 1 aliphatic heterocycles. The van der Waals surface area contributed by atoms with Gasteiger partial charge in [-0.3, -0.25) is 0 Å². The molecular formula is C22H24F3N5. The van der Waals surface area contributed by atoms with Gasteiger partial charge in [-0.1, -0.05) is 18.2 Å². The third kappa shape index (κ3) is 4.09. The van der Waals surface area contributed by atoms with Crippen LogP contribution in [0.15, 0.2) is 24.3 Å². The molecule has 30 heavy (non-hydrogen) atoms. The van der Waals surface area contributed by atoms with Gasteiger partial charge in [-0.25, -0.2) is 28.1 Å². The van der Waals surface area contributed by atoms with Gasteiger partial charge in [0.2, 0.25) is 0 Å². The Hall–Kier alpha value is -2.74. The molecular weight excluding hydrogens is 391 g/mol. The molecule has 0 amide bonds. The lowest BCUT2D eigenvalue weighted by Crippen LogP contribution is -2.27. The number of alkyl halides is 2. The van der Waals surface area contributed by atoms with Crippen LogP contribution in [0.25, 0.3) is 11.0 Å². The Morgan fingerprint density at radius 3 is 2.63 bits per heavy atom. The first-order chi connectivity index (χ1) is 14.4. The summed E-state index contributed by atoms with van der Waals surface area (Å²) in [5.74, 6) is 0.590. The first-order valence-electron chi connectivity index (χ1n) is 10.1. The predicted molar refractivity (Wildman–Crippen MR) is 110 cm³/mol. The minimum Gasteiger partial charge on any atom is -0.365 e. The number of pyridine rings is 1. The molecule has 158 valence electrons. The Kier molecular flexibility index (Phi) is 5.85. The van der Waals surface area contributed by atoms with Gasteiger partial charge in [0, 0.05) is 17.8 Å². The zero-order chi connectivity index (χ0) is 21.3. The molecule has 1 saturated heterocycles. The van der Waals surface area contributed by atoms with Crippen molar-refractivity contribution in [2.75, 3.05) is 18.4 Å². The van der Waals surface area contributed by atoms with Crippen molar-refractivity contribution in [3.8, 4) is 0 Å². The van der Waals surface area contributed by atoms with Crippen LogP contribution in [0.1, 0.15) is 53.4 Å². The number of anilines is 1. The van der Waals surface area contributed by atoms with E-state index < -0.39 is 17.8 Å². The number of nitrogens with one attached hydrogen (secondary N) is 2. The number of piperidine rings is 1. The molecule has 0 aliphatic carbocycles. The average molecular weight is 415 g/mol. The predicted octanol–water partition coefficient (Wildman–Crippen LogP) is 4.80. The van der Waals surface area contributed by atoms with Crippen LogP contribution in [0.5, 0.6) is 0 Å². The van der Waals surface area contributed by atoms with Crippen molar-refractivity contribution < 1.29 is 13.2 Å². The fourth-order valence-electron chi connectivity index (χ4n) is 4.03. The maximum absolute atomic E-state index is 14.4. The van der Waals surface area contributed by atoms with Gasteiger partial charge in [-0.2, -0.15) is 0 Å². The summed E-state index contributed by atoms with van der Waals surface area (Å²) in [6.07, 6.45) is -0.781. The number of fused-ring (bicyclic) bond motifs is 1. The van der Waals surface area contributed by atoms with Crippen molar-refractivity contribution in [2.24, 2.45) is 0 Å². The Morgan fingerprint density at radius 2 is 1.90 bits per heavy atom. The van der Waals surface area contributed by atoms with Crippen LogP contribution in [-0.4, -0.2) is 28.0 Å². The Balaban J connectivity index is 1.69. The Morgan fingerprint density at radius 1 is 1.13 bits per heavy atom. The number of hydrogen-bond donors (Lipinski definition) is 2. The number of halogens is 3. The fourth-order valence-corrected chi connectivity index (χ4v) is 4.03. The molecule has 3 heterocycles. The van der Waals surface area contributed by atoms with Gasteiger partial charge in [-0.05, 0) is 57.3 Å². The number of aryl methyl sites for hydroxylation is 2. The van der Waals surface area contributed by atoms with Crippen LogP contribution in [0.4, 0.5) is 19.0 Å². The van der Waals surface area contributed by atoms with Gasteiger partial charge in [0.05, 0.1) is 10.9 Å². The minimum atomic E-state index is -2.85. The van der Waals surface area contributed by atoms with E-state index in [9.17, 15) is 13.2 Å². The quantitative estimate of drug-likeness (QED) is 0.627. The van der Waals surface area contributed by atoms with E-state index in [1.54, 1.807) is 6.92 Å². The van der Waals surface area contributed by atoms with Crippen LogP contribution < -0.4 is 10.6 Å². The molecule has 0 radical (unpaired) electrons. The van der Waals surface area contributed by atoms with Crippen molar-refractivity contribution in [1.29, 1.82) is 0 Å². The summed E-state index contributed by atoms with van der Waals surface area (Å²) in [6, 6.07) is 6.10. The van der Waals surface area contributed by atoms with E-state index in [1.165, 1.54) is 17.7 Å². The maximum atomic E-state index is 14.4. The SMILES string of the molecule is Cc1nc(NCc2cccc(C(F)F)c2F)c2cc(C3CCNCC3)c(C)nc2n1. The van der Waals surface area contributed by atoms with Gasteiger partial charge < -0.3 is 10.6 Å². The van der Waals surface area contributed by atoms with E-state index >= 15 is 0 Å². The highest BCUT2D eigenvalue weighted by molar-refractivity contribution is 5.87. The largest absolute Gasteiger partial charge is 0.365 e. The van der Waals surface area contributed by atoms with Crippen LogP contribution in [-0.2, 0) is 6.54 Å². The number of benzene rings is 1. The van der Waals surface area contributed by atoms with Crippen LogP contribution in [0, 0.1) is 19.7 Å². The topological polar surface area (TPSA) is 62.7 Å². The molecule has 5 nitrogen and oxygen atoms in total. The number of nitrogens with zero attached hydrogens (tertiary/aromatic N) is 3. The summed E-state index contributed by atoms with van der Waals surface area (Å²) < 4.78 is 40.4. The van der Waals surface area contributed by atoms with Crippen molar-refractivity contribution in [1.82, 2.24) is 20.3 Å². The van der Waals surface area contributed by atoms with Crippen molar-refractivity contribution >= 4 is 16.9 Å². The summed E-state index contributed by atoms with van der Waals surface area (Å²) in [5.41, 5.74) is 2.26. The molecule has 0 bridgehead atoms. The first kappa shape index (κ1) is 20.5. The second-order valence-electron chi connectivity index (χ2n) is 7.65. The van der Waals surface area contributed by atoms with E-state index in [2.05, 4.69) is 26.7 Å². The lowest BCUT2D eigenvalue weighted by atomic mass is 9.89. The lowest BCUT2D eigenvalue weighted by molar-refractivity contribution is 0.146. The summed E-state index contributed by atoms with van der Waals surface area (Å²) >= 11 is 0. The standard InChI is InChI=1S/C22H24F3N5/c1-12-17(14-6-8-26-9-7-14)10-18-21(29-13(2)30-22(18)28-12)27-11-15-4-3-5-16(19(15)23)20(24)25/h3-5,10,14,20,26H,6-9,11H2,1-2H3,(H,27,28,29,30). The van der Waals surface area contributed by atoms with E-state index in [-0.39, 0.29) is 12.1 Å². The Labute approximate surface area is 173 Å². The van der Waals surface area contributed by atoms with Crippen LogP contribution in [0.3, 0.4) is 0 Å². The fraction of sp³-hybridized carbons (Fsp3) is 0.409.